The van der Waals surface area contributed by atoms with E-state index < -0.39 is 5.41 Å². The number of aryl methyl sites for hydroxylation is 2. The average Bonchev–Trinajstić information content (AvgIpc) is 3.62. The summed E-state index contributed by atoms with van der Waals surface area (Å²) >= 11 is 1.71. The molecule has 0 aliphatic rings. The molecule has 3 heterocycles. The SMILES string of the molecule is CC(C)(C)C.CC(C)(C)C.Cc1ccccc1.Cc1ccccc1.[2H]c1c([2H])c([2H])c(C(C)(C)C)c([2H])c1[2H].c1ccc(-c2ccncn2)cc1.c1ccc2c(c1)sc1ncncc12. The molecule has 8 aromatic rings. The van der Waals surface area contributed by atoms with Gasteiger partial charge < -0.3 is 0 Å². The zero-order valence-electron chi connectivity index (χ0n) is 42.6. The highest BCUT2D eigenvalue weighted by molar-refractivity contribution is 7.25. The van der Waals surface area contributed by atoms with Crippen LogP contribution in [0.15, 0.2) is 177 Å². The van der Waals surface area contributed by atoms with Gasteiger partial charge in [-0.1, -0.05) is 227 Å². The molecule has 8 rings (SSSR count). The molecule has 0 spiro atoms. The lowest BCUT2D eigenvalue weighted by molar-refractivity contribution is 0.469. The predicted molar refractivity (Wildman–Crippen MR) is 260 cm³/mol. The Morgan fingerprint density at radius 2 is 0.949 bits per heavy atom. The van der Waals surface area contributed by atoms with E-state index >= 15 is 0 Å². The summed E-state index contributed by atoms with van der Waals surface area (Å²) < 4.78 is 39.2. The van der Waals surface area contributed by atoms with Crippen molar-refractivity contribution in [3.05, 3.63) is 193 Å². The number of fused-ring (bicyclic) bond motifs is 3. The van der Waals surface area contributed by atoms with Crippen LogP contribution in [0.5, 0.6) is 0 Å². The Labute approximate surface area is 367 Å². The summed E-state index contributed by atoms with van der Waals surface area (Å²) in [6.07, 6.45) is 6.77. The summed E-state index contributed by atoms with van der Waals surface area (Å²) in [6, 6.07) is 39.7. The molecule has 0 aliphatic heterocycles. The molecule has 0 amide bonds. The fraction of sp³-hybridized carbons (Fsp3) is 0.296. The largest absolute Gasteiger partial charge is 0.245 e. The first kappa shape index (κ1) is 41.6. The second-order valence-electron chi connectivity index (χ2n) is 17.9. The van der Waals surface area contributed by atoms with Crippen LogP contribution in [0.25, 0.3) is 31.6 Å². The van der Waals surface area contributed by atoms with E-state index in [2.05, 4.69) is 126 Å². The van der Waals surface area contributed by atoms with Crippen molar-refractivity contribution in [1.29, 1.82) is 0 Å². The lowest BCUT2D eigenvalue weighted by Gasteiger charge is -2.18. The van der Waals surface area contributed by atoms with E-state index in [0.717, 1.165) is 21.5 Å². The molecule has 4 nitrogen and oxygen atoms in total. The first-order valence-corrected chi connectivity index (χ1v) is 20.7. The van der Waals surface area contributed by atoms with Crippen molar-refractivity contribution in [2.24, 2.45) is 10.8 Å². The Hall–Kier alpha value is -5.52. The zero-order valence-corrected chi connectivity index (χ0v) is 38.4. The van der Waals surface area contributed by atoms with E-state index in [9.17, 15) is 0 Å². The van der Waals surface area contributed by atoms with Gasteiger partial charge in [0.1, 0.15) is 17.5 Å². The number of benzene rings is 5. The van der Waals surface area contributed by atoms with Crippen molar-refractivity contribution in [2.45, 2.75) is 95.4 Å². The van der Waals surface area contributed by atoms with E-state index in [0.29, 0.717) is 16.4 Å². The molecule has 0 radical (unpaired) electrons. The topological polar surface area (TPSA) is 51.6 Å². The van der Waals surface area contributed by atoms with Crippen LogP contribution in [0.3, 0.4) is 0 Å². The zero-order chi connectivity index (χ0) is 48.1. The van der Waals surface area contributed by atoms with Gasteiger partial charge in [0.25, 0.3) is 0 Å². The summed E-state index contributed by atoms with van der Waals surface area (Å²) in [5.74, 6) is 0. The van der Waals surface area contributed by atoms with Crippen LogP contribution in [0.4, 0.5) is 0 Å². The normalized spacial score (nSPS) is 11.6. The third kappa shape index (κ3) is 24.1. The van der Waals surface area contributed by atoms with Crippen molar-refractivity contribution in [3.8, 4) is 11.3 Å². The van der Waals surface area contributed by atoms with E-state index in [4.69, 9.17) is 6.85 Å². The Kier molecular flexibility index (Phi) is 18.2. The van der Waals surface area contributed by atoms with Crippen molar-refractivity contribution >= 4 is 31.6 Å². The van der Waals surface area contributed by atoms with Gasteiger partial charge in [-0.3, -0.25) is 0 Å². The summed E-state index contributed by atoms with van der Waals surface area (Å²) in [6.45, 7) is 27.2. The highest BCUT2D eigenvalue weighted by Gasteiger charge is 2.11. The molecule has 0 fully saturated rings. The van der Waals surface area contributed by atoms with Gasteiger partial charge in [-0.15, -0.1) is 11.3 Å². The predicted octanol–water partition coefficient (Wildman–Crippen LogP) is 16.1. The molecule has 0 unspecified atom stereocenters. The quantitative estimate of drug-likeness (QED) is 0.166. The van der Waals surface area contributed by atoms with Crippen LogP contribution in [0, 0.1) is 24.7 Å². The standard InChI is InChI=1S/C10H6N2S.C10H8N2.C10H14.2C7H8.2C5H12/c1-2-4-9-7(3-1)8-5-11-6-12-10(8)13-9;1-2-4-9(5-3-1)10-6-7-11-8-12-10;1-10(2,3)9-7-5-4-6-8-9;2*1-7-5-3-2-4-6-7;2*1-5(2,3)4/h1-6H;1-8H;4-8H,1-3H3;2*2-6H,1H3;2*1-4H3/i;;4D,5D,6D,7D,8D;;;;. The minimum atomic E-state index is -0.451. The van der Waals surface area contributed by atoms with Crippen molar-refractivity contribution in [3.63, 3.8) is 0 Å². The van der Waals surface area contributed by atoms with Gasteiger partial charge in [0, 0.05) is 33.4 Å². The lowest BCUT2D eigenvalue weighted by Crippen LogP contribution is -2.10. The Morgan fingerprint density at radius 1 is 0.492 bits per heavy atom. The van der Waals surface area contributed by atoms with Crippen LogP contribution in [-0.4, -0.2) is 19.9 Å². The van der Waals surface area contributed by atoms with E-state index in [1.165, 1.54) is 21.2 Å². The van der Waals surface area contributed by atoms with Gasteiger partial charge in [0.05, 0.1) is 12.5 Å². The molecule has 310 valence electrons. The number of thiophene rings is 1. The highest BCUT2D eigenvalue weighted by Crippen LogP contribution is 2.31. The third-order valence-electron chi connectivity index (χ3n) is 6.84. The molecule has 0 bridgehead atoms. The van der Waals surface area contributed by atoms with E-state index in [-0.39, 0.29) is 30.2 Å². The molecular weight excluding hydrogens is 737 g/mol. The average molecular weight is 810 g/mol. The maximum atomic E-state index is 7.72. The number of hydrogen-bond acceptors (Lipinski definition) is 5. The minimum Gasteiger partial charge on any atom is -0.245 e. The molecule has 59 heavy (non-hydrogen) atoms. The second kappa shape index (κ2) is 25.8. The Balaban J connectivity index is 0.000000267. The summed E-state index contributed by atoms with van der Waals surface area (Å²) in [7, 11) is 0. The van der Waals surface area contributed by atoms with Crippen LogP contribution in [-0.2, 0) is 5.41 Å². The molecule has 0 saturated carbocycles. The smallest absolute Gasteiger partial charge is 0.127 e. The summed E-state index contributed by atoms with van der Waals surface area (Å²) in [5.41, 5.74) is 5.65. The molecule has 0 saturated heterocycles. The van der Waals surface area contributed by atoms with Gasteiger partial charge in [0.2, 0.25) is 0 Å². The van der Waals surface area contributed by atoms with Gasteiger partial charge in [-0.2, -0.15) is 0 Å². The Bertz CT molecular complexity index is 2350. The van der Waals surface area contributed by atoms with Gasteiger partial charge in [-0.25, -0.2) is 19.9 Å². The van der Waals surface area contributed by atoms with Gasteiger partial charge >= 0.3 is 0 Å². The summed E-state index contributed by atoms with van der Waals surface area (Å²) in [4.78, 5) is 17.3. The van der Waals surface area contributed by atoms with Crippen molar-refractivity contribution < 1.29 is 6.85 Å². The van der Waals surface area contributed by atoms with Crippen LogP contribution >= 0.6 is 11.3 Å². The molecule has 5 heteroatoms. The van der Waals surface area contributed by atoms with Gasteiger partial charge in [-0.05, 0) is 47.8 Å². The molecule has 0 aliphatic carbocycles. The lowest BCUT2D eigenvalue weighted by atomic mass is 9.87. The van der Waals surface area contributed by atoms with Crippen LogP contribution in [0.2, 0.25) is 0 Å². The van der Waals surface area contributed by atoms with Crippen LogP contribution < -0.4 is 0 Å². The number of hydrogen-bond donors (Lipinski definition) is 0. The molecule has 0 atom stereocenters. The summed E-state index contributed by atoms with van der Waals surface area (Å²) in [5, 5.41) is 2.41. The van der Waals surface area contributed by atoms with E-state index in [1.54, 1.807) is 30.2 Å². The molecule has 5 aromatic carbocycles. The highest BCUT2D eigenvalue weighted by atomic mass is 32.1. The molecule has 3 aromatic heterocycles. The van der Waals surface area contributed by atoms with Crippen molar-refractivity contribution in [1.82, 2.24) is 19.9 Å². The van der Waals surface area contributed by atoms with Crippen LogP contribution in [0.1, 0.15) is 99.7 Å². The fourth-order valence-corrected chi connectivity index (χ4v) is 5.25. The number of nitrogens with zero attached hydrogens (tertiary/aromatic N) is 4. The molecule has 0 N–H and O–H groups in total. The minimum absolute atomic E-state index is 0.103. The van der Waals surface area contributed by atoms with E-state index in [1.807, 2.05) is 112 Å². The maximum absolute atomic E-state index is 7.72. The maximum Gasteiger partial charge on any atom is 0.127 e. The fourth-order valence-electron chi connectivity index (χ4n) is 4.23. The molecular formula is C54H68N4S. The first-order valence-electron chi connectivity index (χ1n) is 22.4. The third-order valence-corrected chi connectivity index (χ3v) is 7.94. The van der Waals surface area contributed by atoms with Crippen molar-refractivity contribution in [2.75, 3.05) is 0 Å². The number of aromatic nitrogens is 4. The first-order chi connectivity index (χ1) is 29.9. The monoisotopic (exact) mass is 810 g/mol. The number of rotatable bonds is 1. The Morgan fingerprint density at radius 3 is 1.39 bits per heavy atom. The second-order valence-corrected chi connectivity index (χ2v) is 18.9. The van der Waals surface area contributed by atoms with Gasteiger partial charge in [0.15, 0.2) is 0 Å².